The minimum absolute atomic E-state index is 0.0884. The molecule has 1 aromatic heterocycles. The van der Waals surface area contributed by atoms with Crippen LogP contribution in [0.1, 0.15) is 11.3 Å². The van der Waals surface area contributed by atoms with Crippen LogP contribution in [-0.4, -0.2) is 20.9 Å². The molecule has 0 bridgehead atoms. The molecule has 2 aromatic carbocycles. The molecule has 132 valence electrons. The Morgan fingerprint density at radius 3 is 2.65 bits per heavy atom. The highest BCUT2D eigenvalue weighted by Crippen LogP contribution is 2.24. The molecular weight excluding hydrogens is 361 g/mol. The zero-order chi connectivity index (χ0) is 18.7. The minimum atomic E-state index is -0.497. The van der Waals surface area contributed by atoms with Crippen LogP contribution in [0.5, 0.6) is 0 Å². The van der Waals surface area contributed by atoms with Crippen molar-refractivity contribution in [2.45, 2.75) is 6.92 Å². The Balaban J connectivity index is 1.86. The van der Waals surface area contributed by atoms with E-state index in [9.17, 15) is 14.5 Å². The molecule has 0 spiro atoms. The van der Waals surface area contributed by atoms with Crippen LogP contribution < -0.4 is 5.43 Å². The predicted molar refractivity (Wildman–Crippen MR) is 97.6 cm³/mol. The first kappa shape index (κ1) is 17.6. The molecule has 1 N–H and O–H groups in total. The van der Waals surface area contributed by atoms with Gasteiger partial charge in [0.05, 0.1) is 28.1 Å². The van der Waals surface area contributed by atoms with Gasteiger partial charge < -0.3 is 0 Å². The number of hydrogen-bond acceptors (Lipinski definition) is 5. The highest BCUT2D eigenvalue weighted by Gasteiger charge is 2.14. The number of nitrogens with one attached hydrogen (secondary N) is 1. The summed E-state index contributed by atoms with van der Waals surface area (Å²) in [5, 5.41) is 19.6. The van der Waals surface area contributed by atoms with Crippen LogP contribution in [0.4, 0.5) is 15.8 Å². The molecule has 0 amide bonds. The smallest absolute Gasteiger partial charge is 0.272 e. The number of nitrogens with zero attached hydrogens (tertiary/aromatic N) is 4. The molecule has 26 heavy (non-hydrogen) atoms. The summed E-state index contributed by atoms with van der Waals surface area (Å²) in [6, 6.07) is 11.9. The number of hydrogen-bond donors (Lipinski definition) is 1. The maximum Gasteiger partial charge on any atom is 0.294 e. The highest BCUT2D eigenvalue weighted by atomic mass is 35.5. The molecule has 0 atom stereocenters. The van der Waals surface area contributed by atoms with E-state index in [1.54, 1.807) is 37.3 Å². The van der Waals surface area contributed by atoms with Crippen LogP contribution in [-0.2, 0) is 0 Å². The lowest BCUT2D eigenvalue weighted by molar-refractivity contribution is -0.384. The van der Waals surface area contributed by atoms with Crippen LogP contribution in [0.25, 0.3) is 5.69 Å². The molecule has 3 rings (SSSR count). The fourth-order valence-electron chi connectivity index (χ4n) is 2.30. The van der Waals surface area contributed by atoms with E-state index in [1.807, 2.05) is 0 Å². The third kappa shape index (κ3) is 3.55. The average molecular weight is 374 g/mol. The second kappa shape index (κ2) is 7.32. The second-order valence-electron chi connectivity index (χ2n) is 5.32. The van der Waals surface area contributed by atoms with E-state index in [4.69, 9.17) is 11.6 Å². The first-order chi connectivity index (χ1) is 12.5. The van der Waals surface area contributed by atoms with Gasteiger partial charge in [-0.3, -0.25) is 15.5 Å². The topological polar surface area (TPSA) is 85.3 Å². The minimum Gasteiger partial charge on any atom is -0.272 e. The van der Waals surface area contributed by atoms with Crippen LogP contribution >= 0.6 is 11.6 Å². The van der Waals surface area contributed by atoms with E-state index in [2.05, 4.69) is 15.6 Å². The van der Waals surface area contributed by atoms with Crippen LogP contribution in [0, 0.1) is 22.9 Å². The summed E-state index contributed by atoms with van der Waals surface area (Å²) in [6.07, 6.45) is 1.43. The van der Waals surface area contributed by atoms with E-state index < -0.39 is 4.92 Å². The van der Waals surface area contributed by atoms with E-state index in [0.717, 1.165) is 0 Å². The van der Waals surface area contributed by atoms with Crippen molar-refractivity contribution in [3.8, 4) is 5.69 Å². The molecule has 0 aliphatic rings. The maximum atomic E-state index is 13.1. The molecule has 0 saturated heterocycles. The summed E-state index contributed by atoms with van der Waals surface area (Å²) >= 11 is 6.35. The molecule has 3 aromatic rings. The molecule has 0 unspecified atom stereocenters. The fourth-order valence-corrected chi connectivity index (χ4v) is 2.63. The first-order valence-electron chi connectivity index (χ1n) is 7.51. The van der Waals surface area contributed by atoms with Crippen molar-refractivity contribution in [2.24, 2.45) is 5.10 Å². The van der Waals surface area contributed by atoms with Crippen LogP contribution in [0.2, 0.25) is 5.15 Å². The predicted octanol–water partition coefficient (Wildman–Crippen LogP) is 4.33. The van der Waals surface area contributed by atoms with Crippen LogP contribution in [0.15, 0.2) is 53.6 Å². The van der Waals surface area contributed by atoms with Gasteiger partial charge >= 0.3 is 0 Å². The molecule has 7 nitrogen and oxygen atoms in total. The van der Waals surface area contributed by atoms with Gasteiger partial charge in [-0.1, -0.05) is 23.7 Å². The third-order valence-corrected chi connectivity index (χ3v) is 3.96. The lowest BCUT2D eigenvalue weighted by Crippen LogP contribution is -1.97. The van der Waals surface area contributed by atoms with Gasteiger partial charge in [0, 0.05) is 6.07 Å². The van der Waals surface area contributed by atoms with Crippen molar-refractivity contribution in [3.05, 3.63) is 80.9 Å². The maximum absolute atomic E-state index is 13.1. The summed E-state index contributed by atoms with van der Waals surface area (Å²) in [5.41, 5.74) is 4.56. The van der Waals surface area contributed by atoms with Gasteiger partial charge in [0.2, 0.25) is 0 Å². The molecule has 1 heterocycles. The number of aromatic nitrogens is 2. The Kier molecular flexibility index (Phi) is 4.94. The number of aryl methyl sites for hydroxylation is 1. The molecule has 0 radical (unpaired) electrons. The number of hydrazone groups is 1. The fraction of sp³-hybridized carbons (Fsp3) is 0.0588. The summed E-state index contributed by atoms with van der Waals surface area (Å²) < 4.78 is 14.5. The van der Waals surface area contributed by atoms with Crippen molar-refractivity contribution in [2.75, 3.05) is 5.43 Å². The third-order valence-electron chi connectivity index (χ3n) is 3.60. The van der Waals surface area contributed by atoms with Crippen molar-refractivity contribution < 1.29 is 9.31 Å². The highest BCUT2D eigenvalue weighted by molar-refractivity contribution is 6.32. The van der Waals surface area contributed by atoms with Crippen molar-refractivity contribution in [1.82, 2.24) is 9.78 Å². The number of benzene rings is 2. The van der Waals surface area contributed by atoms with E-state index in [-0.39, 0.29) is 17.2 Å². The van der Waals surface area contributed by atoms with E-state index in [1.165, 1.54) is 29.1 Å². The van der Waals surface area contributed by atoms with Crippen molar-refractivity contribution in [1.29, 1.82) is 0 Å². The van der Waals surface area contributed by atoms with Gasteiger partial charge in [-0.25, -0.2) is 9.07 Å². The number of rotatable bonds is 5. The summed E-state index contributed by atoms with van der Waals surface area (Å²) in [4.78, 5) is 10.5. The Morgan fingerprint density at radius 2 is 1.96 bits per heavy atom. The molecule has 9 heteroatoms. The van der Waals surface area contributed by atoms with Crippen molar-refractivity contribution >= 4 is 29.2 Å². The van der Waals surface area contributed by atoms with Gasteiger partial charge in [0.25, 0.3) is 5.69 Å². The van der Waals surface area contributed by atoms with Gasteiger partial charge in [-0.2, -0.15) is 10.2 Å². The Labute approximate surface area is 152 Å². The molecule has 0 aliphatic carbocycles. The molecule has 0 fully saturated rings. The average Bonchev–Trinajstić information content (AvgIpc) is 2.91. The van der Waals surface area contributed by atoms with Crippen LogP contribution in [0.3, 0.4) is 0 Å². The second-order valence-corrected chi connectivity index (χ2v) is 5.68. The SMILES string of the molecule is Cc1nn(-c2ccc(F)cc2)c(Cl)c1C=NNc1ccccc1[N+](=O)[O-]. The Hall–Kier alpha value is -3.26. The monoisotopic (exact) mass is 373 g/mol. The zero-order valence-electron chi connectivity index (χ0n) is 13.6. The molecular formula is C17H13ClFN5O2. The molecule has 0 aliphatic heterocycles. The quantitative estimate of drug-likeness (QED) is 0.410. The van der Waals surface area contributed by atoms with E-state index in [0.29, 0.717) is 22.1 Å². The summed E-state index contributed by atoms with van der Waals surface area (Å²) in [7, 11) is 0. The first-order valence-corrected chi connectivity index (χ1v) is 7.88. The number of para-hydroxylation sites is 2. The lowest BCUT2D eigenvalue weighted by atomic mass is 10.3. The van der Waals surface area contributed by atoms with Gasteiger partial charge in [0.15, 0.2) is 0 Å². The number of nitro benzene ring substituents is 1. The number of anilines is 1. The Bertz CT molecular complexity index is 985. The standard InChI is InChI=1S/C17H13ClFN5O2/c1-11-14(10-20-21-15-4-2-3-5-16(15)24(25)26)17(18)23(22-11)13-8-6-12(19)7-9-13/h2-10,21H,1H3. The van der Waals surface area contributed by atoms with Crippen molar-refractivity contribution in [3.63, 3.8) is 0 Å². The van der Waals surface area contributed by atoms with Gasteiger partial charge in [0.1, 0.15) is 16.7 Å². The number of nitro groups is 1. The summed E-state index contributed by atoms with van der Waals surface area (Å²) in [6.45, 7) is 1.75. The van der Waals surface area contributed by atoms with Gasteiger partial charge in [-0.15, -0.1) is 0 Å². The van der Waals surface area contributed by atoms with E-state index >= 15 is 0 Å². The zero-order valence-corrected chi connectivity index (χ0v) is 14.3. The molecule has 0 saturated carbocycles. The normalized spacial score (nSPS) is 11.0. The summed E-state index contributed by atoms with van der Waals surface area (Å²) in [5.74, 6) is -0.357. The largest absolute Gasteiger partial charge is 0.294 e. The van der Waals surface area contributed by atoms with Gasteiger partial charge in [-0.05, 0) is 37.3 Å². The Morgan fingerprint density at radius 1 is 1.27 bits per heavy atom. The lowest BCUT2D eigenvalue weighted by Gasteiger charge is -2.03. The number of halogens is 2.